The number of rotatable bonds is 8. The third kappa shape index (κ3) is 4.71. The van der Waals surface area contributed by atoms with Gasteiger partial charge in [-0.15, -0.1) is 0 Å². The van der Waals surface area contributed by atoms with Gasteiger partial charge in [-0.3, -0.25) is 4.90 Å². The van der Waals surface area contributed by atoms with E-state index in [4.69, 9.17) is 10.5 Å². The Morgan fingerprint density at radius 1 is 1.20 bits per heavy atom. The molecule has 1 aliphatic rings. The minimum Gasteiger partial charge on any atom is -0.383 e. The molecular weight excluding hydrogens is 248 g/mol. The molecule has 0 saturated heterocycles. The maximum atomic E-state index is 6.23. The van der Waals surface area contributed by atoms with E-state index in [0.717, 1.165) is 38.1 Å². The summed E-state index contributed by atoms with van der Waals surface area (Å²) in [7, 11) is 1.79. The van der Waals surface area contributed by atoms with Crippen molar-refractivity contribution in [2.24, 2.45) is 23.5 Å². The summed E-state index contributed by atoms with van der Waals surface area (Å²) in [6, 6.07) is 0. The number of hydrogen-bond donors (Lipinski definition) is 1. The zero-order chi connectivity index (χ0) is 15.2. The van der Waals surface area contributed by atoms with Gasteiger partial charge in [-0.05, 0) is 43.4 Å². The number of hydrogen-bond acceptors (Lipinski definition) is 3. The van der Waals surface area contributed by atoms with Crippen molar-refractivity contribution in [1.29, 1.82) is 0 Å². The van der Waals surface area contributed by atoms with Crippen LogP contribution in [0.3, 0.4) is 0 Å². The second-order valence-corrected chi connectivity index (χ2v) is 7.34. The van der Waals surface area contributed by atoms with Gasteiger partial charge in [0.25, 0.3) is 0 Å². The first-order valence-electron chi connectivity index (χ1n) is 8.39. The minimum absolute atomic E-state index is 0.216. The monoisotopic (exact) mass is 284 g/mol. The molecule has 1 fully saturated rings. The molecule has 0 aromatic rings. The molecule has 20 heavy (non-hydrogen) atoms. The first kappa shape index (κ1) is 17.9. The highest BCUT2D eigenvalue weighted by atomic mass is 16.5. The summed E-state index contributed by atoms with van der Waals surface area (Å²) >= 11 is 0. The third-order valence-corrected chi connectivity index (χ3v) is 5.11. The quantitative estimate of drug-likeness (QED) is 0.744. The fraction of sp³-hybridized carbons (Fsp3) is 1.00. The first-order chi connectivity index (χ1) is 9.45. The molecule has 1 saturated carbocycles. The summed E-state index contributed by atoms with van der Waals surface area (Å²) in [5.41, 5.74) is 6.44. The number of ether oxygens (including phenoxy) is 1. The van der Waals surface area contributed by atoms with E-state index in [2.05, 4.69) is 32.6 Å². The van der Waals surface area contributed by atoms with Crippen molar-refractivity contribution in [3.8, 4) is 0 Å². The van der Waals surface area contributed by atoms with Crippen LogP contribution >= 0.6 is 0 Å². The molecule has 0 aliphatic heterocycles. The Bertz CT molecular complexity index is 258. The Morgan fingerprint density at radius 3 is 2.20 bits per heavy atom. The number of nitrogens with zero attached hydrogens (tertiary/aromatic N) is 1. The molecule has 3 heteroatoms. The average Bonchev–Trinajstić information content (AvgIpc) is 2.43. The second kappa shape index (κ2) is 8.35. The number of nitrogens with two attached hydrogens (primary N) is 1. The molecule has 0 bridgehead atoms. The smallest absolute Gasteiger partial charge is 0.0589 e. The SMILES string of the molecule is COCCN(CC(C)C)C1(CN)CCC(C(C)C)CC1. The van der Waals surface area contributed by atoms with E-state index in [9.17, 15) is 0 Å². The summed E-state index contributed by atoms with van der Waals surface area (Å²) in [5.74, 6) is 2.37. The Balaban J connectivity index is 2.73. The Labute approximate surface area is 126 Å². The van der Waals surface area contributed by atoms with Gasteiger partial charge in [0.05, 0.1) is 6.61 Å². The van der Waals surface area contributed by atoms with E-state index in [0.29, 0.717) is 5.92 Å². The van der Waals surface area contributed by atoms with Gasteiger partial charge in [0.1, 0.15) is 0 Å². The van der Waals surface area contributed by atoms with E-state index < -0.39 is 0 Å². The summed E-state index contributed by atoms with van der Waals surface area (Å²) in [6.45, 7) is 13.0. The third-order valence-electron chi connectivity index (χ3n) is 5.11. The van der Waals surface area contributed by atoms with Crippen LogP contribution in [0.4, 0.5) is 0 Å². The molecule has 0 unspecified atom stereocenters. The molecule has 1 rings (SSSR count). The van der Waals surface area contributed by atoms with Crippen LogP contribution in [0.5, 0.6) is 0 Å². The van der Waals surface area contributed by atoms with Gasteiger partial charge in [-0.1, -0.05) is 27.7 Å². The minimum atomic E-state index is 0.216. The highest BCUT2D eigenvalue weighted by Crippen LogP contribution is 2.39. The molecule has 0 heterocycles. The van der Waals surface area contributed by atoms with Gasteiger partial charge < -0.3 is 10.5 Å². The molecule has 3 nitrogen and oxygen atoms in total. The Hall–Kier alpha value is -0.120. The highest BCUT2D eigenvalue weighted by molar-refractivity contribution is 4.96. The lowest BCUT2D eigenvalue weighted by atomic mass is 9.71. The van der Waals surface area contributed by atoms with Gasteiger partial charge in [0, 0.05) is 32.3 Å². The lowest BCUT2D eigenvalue weighted by molar-refractivity contribution is 0.00946. The van der Waals surface area contributed by atoms with Crippen molar-refractivity contribution in [3.05, 3.63) is 0 Å². The second-order valence-electron chi connectivity index (χ2n) is 7.34. The predicted octanol–water partition coefficient (Wildman–Crippen LogP) is 3.13. The van der Waals surface area contributed by atoms with E-state index in [1.165, 1.54) is 25.7 Å². The largest absolute Gasteiger partial charge is 0.383 e. The van der Waals surface area contributed by atoms with Gasteiger partial charge in [-0.25, -0.2) is 0 Å². The van der Waals surface area contributed by atoms with Crippen LogP contribution in [0.1, 0.15) is 53.4 Å². The standard InChI is InChI=1S/C17H36N2O/c1-14(2)12-19(10-11-20-5)17(13-18)8-6-16(7-9-17)15(3)4/h14-16H,6-13,18H2,1-5H3. The van der Waals surface area contributed by atoms with E-state index in [-0.39, 0.29) is 5.54 Å². The molecule has 1 aliphatic carbocycles. The van der Waals surface area contributed by atoms with Crippen LogP contribution in [0.2, 0.25) is 0 Å². The van der Waals surface area contributed by atoms with Crippen LogP contribution in [-0.4, -0.2) is 43.8 Å². The molecule has 0 spiro atoms. The van der Waals surface area contributed by atoms with Crippen molar-refractivity contribution in [2.45, 2.75) is 58.9 Å². The topological polar surface area (TPSA) is 38.5 Å². The average molecular weight is 284 g/mol. The molecular formula is C17H36N2O. The van der Waals surface area contributed by atoms with Crippen LogP contribution in [-0.2, 0) is 4.74 Å². The van der Waals surface area contributed by atoms with Gasteiger partial charge in [-0.2, -0.15) is 0 Å². The van der Waals surface area contributed by atoms with Crippen molar-refractivity contribution in [3.63, 3.8) is 0 Å². The fourth-order valence-corrected chi connectivity index (χ4v) is 3.66. The Kier molecular flexibility index (Phi) is 7.49. The normalized spacial score (nSPS) is 27.8. The molecule has 0 atom stereocenters. The maximum absolute atomic E-state index is 6.23. The van der Waals surface area contributed by atoms with Crippen molar-refractivity contribution in [1.82, 2.24) is 4.90 Å². The van der Waals surface area contributed by atoms with Crippen molar-refractivity contribution in [2.75, 3.05) is 33.4 Å². The molecule has 0 aromatic heterocycles. The summed E-state index contributed by atoms with van der Waals surface area (Å²) < 4.78 is 5.31. The van der Waals surface area contributed by atoms with Crippen LogP contribution in [0.15, 0.2) is 0 Å². The summed E-state index contributed by atoms with van der Waals surface area (Å²) in [5, 5.41) is 0. The molecule has 0 radical (unpaired) electrons. The molecule has 0 aromatic carbocycles. The molecule has 120 valence electrons. The lowest BCUT2D eigenvalue weighted by Crippen LogP contribution is -2.57. The predicted molar refractivity (Wildman–Crippen MR) is 86.9 cm³/mol. The van der Waals surface area contributed by atoms with Crippen LogP contribution in [0, 0.1) is 17.8 Å². The first-order valence-corrected chi connectivity index (χ1v) is 8.39. The Morgan fingerprint density at radius 2 is 1.80 bits per heavy atom. The van der Waals surface area contributed by atoms with Gasteiger partial charge in [0.2, 0.25) is 0 Å². The van der Waals surface area contributed by atoms with Crippen molar-refractivity contribution < 1.29 is 4.74 Å². The maximum Gasteiger partial charge on any atom is 0.0589 e. The van der Waals surface area contributed by atoms with Gasteiger partial charge >= 0.3 is 0 Å². The van der Waals surface area contributed by atoms with E-state index in [1.807, 2.05) is 0 Å². The zero-order valence-electron chi connectivity index (χ0n) is 14.3. The number of methoxy groups -OCH3 is 1. The van der Waals surface area contributed by atoms with Crippen LogP contribution in [0.25, 0.3) is 0 Å². The molecule has 2 N–H and O–H groups in total. The zero-order valence-corrected chi connectivity index (χ0v) is 14.3. The van der Waals surface area contributed by atoms with Gasteiger partial charge in [0.15, 0.2) is 0 Å². The lowest BCUT2D eigenvalue weighted by Gasteiger charge is -2.49. The van der Waals surface area contributed by atoms with Crippen LogP contribution < -0.4 is 5.73 Å². The van der Waals surface area contributed by atoms with Crippen molar-refractivity contribution >= 4 is 0 Å². The highest BCUT2D eigenvalue weighted by Gasteiger charge is 2.39. The summed E-state index contributed by atoms with van der Waals surface area (Å²) in [6.07, 6.45) is 5.17. The fourth-order valence-electron chi connectivity index (χ4n) is 3.66. The molecule has 0 amide bonds. The van der Waals surface area contributed by atoms with E-state index in [1.54, 1.807) is 7.11 Å². The summed E-state index contributed by atoms with van der Waals surface area (Å²) in [4.78, 5) is 2.62. The van der Waals surface area contributed by atoms with E-state index >= 15 is 0 Å².